The van der Waals surface area contributed by atoms with Gasteiger partial charge in [-0.05, 0) is 29.4 Å². The SMILES string of the molecule is O=C(NC[C@H]1SCCc2ccccc21)c1ccncc1F. The van der Waals surface area contributed by atoms with Crippen molar-refractivity contribution in [2.24, 2.45) is 0 Å². The number of benzene rings is 1. The molecule has 5 heteroatoms. The predicted octanol–water partition coefficient (Wildman–Crippen LogP) is 2.98. The summed E-state index contributed by atoms with van der Waals surface area (Å²) in [6.07, 6.45) is 3.53. The van der Waals surface area contributed by atoms with Crippen molar-refractivity contribution >= 4 is 17.7 Å². The van der Waals surface area contributed by atoms with E-state index in [0.29, 0.717) is 6.54 Å². The minimum absolute atomic E-state index is 0.0408. The van der Waals surface area contributed by atoms with Gasteiger partial charge in [0.25, 0.3) is 5.91 Å². The lowest BCUT2D eigenvalue weighted by molar-refractivity contribution is 0.0949. The van der Waals surface area contributed by atoms with Crippen molar-refractivity contribution in [2.75, 3.05) is 12.3 Å². The quantitative estimate of drug-likeness (QED) is 0.948. The lowest BCUT2D eigenvalue weighted by Gasteiger charge is -2.25. The van der Waals surface area contributed by atoms with Crippen molar-refractivity contribution in [3.8, 4) is 0 Å². The molecule has 108 valence electrons. The van der Waals surface area contributed by atoms with E-state index in [-0.39, 0.29) is 10.8 Å². The first-order chi connectivity index (χ1) is 10.3. The van der Waals surface area contributed by atoms with E-state index < -0.39 is 11.7 Å². The summed E-state index contributed by atoms with van der Waals surface area (Å²) < 4.78 is 13.5. The van der Waals surface area contributed by atoms with E-state index in [1.54, 1.807) is 0 Å². The molecule has 0 fully saturated rings. The molecule has 0 spiro atoms. The molecule has 2 aromatic rings. The molecule has 0 unspecified atom stereocenters. The summed E-state index contributed by atoms with van der Waals surface area (Å²) in [4.78, 5) is 15.7. The molecule has 0 radical (unpaired) electrons. The summed E-state index contributed by atoms with van der Waals surface area (Å²) in [7, 11) is 0. The number of carbonyl (C=O) groups excluding carboxylic acids is 1. The molecular formula is C16H15FN2OS. The van der Waals surface area contributed by atoms with Crippen molar-refractivity contribution in [1.82, 2.24) is 10.3 Å². The molecule has 1 aliphatic heterocycles. The highest BCUT2D eigenvalue weighted by Crippen LogP contribution is 2.35. The molecule has 3 nitrogen and oxygen atoms in total. The van der Waals surface area contributed by atoms with E-state index in [1.807, 2.05) is 23.9 Å². The molecular weight excluding hydrogens is 287 g/mol. The Morgan fingerprint density at radius 1 is 1.38 bits per heavy atom. The summed E-state index contributed by atoms with van der Waals surface area (Å²) >= 11 is 1.83. The van der Waals surface area contributed by atoms with Crippen molar-refractivity contribution in [3.05, 3.63) is 65.2 Å². The van der Waals surface area contributed by atoms with Crippen LogP contribution in [-0.4, -0.2) is 23.2 Å². The highest BCUT2D eigenvalue weighted by atomic mass is 32.2. The van der Waals surface area contributed by atoms with Crippen LogP contribution in [0.2, 0.25) is 0 Å². The van der Waals surface area contributed by atoms with Crippen LogP contribution in [0.1, 0.15) is 26.7 Å². The Balaban J connectivity index is 1.69. The van der Waals surface area contributed by atoms with E-state index in [2.05, 4.69) is 22.4 Å². The highest BCUT2D eigenvalue weighted by Gasteiger charge is 2.21. The zero-order valence-electron chi connectivity index (χ0n) is 11.4. The monoisotopic (exact) mass is 302 g/mol. The van der Waals surface area contributed by atoms with Crippen LogP contribution in [0.15, 0.2) is 42.7 Å². The molecule has 21 heavy (non-hydrogen) atoms. The van der Waals surface area contributed by atoms with Gasteiger partial charge in [-0.3, -0.25) is 9.78 Å². The summed E-state index contributed by atoms with van der Waals surface area (Å²) in [5.41, 5.74) is 2.65. The maximum absolute atomic E-state index is 13.5. The van der Waals surface area contributed by atoms with Crippen molar-refractivity contribution in [2.45, 2.75) is 11.7 Å². The van der Waals surface area contributed by atoms with E-state index in [9.17, 15) is 9.18 Å². The van der Waals surface area contributed by atoms with Crippen LogP contribution >= 0.6 is 11.8 Å². The van der Waals surface area contributed by atoms with Gasteiger partial charge in [-0.15, -0.1) is 0 Å². The number of nitrogens with one attached hydrogen (secondary N) is 1. The molecule has 0 saturated heterocycles. The van der Waals surface area contributed by atoms with Crippen LogP contribution in [0.25, 0.3) is 0 Å². The number of halogens is 1. The topological polar surface area (TPSA) is 42.0 Å². The molecule has 0 bridgehead atoms. The number of amides is 1. The van der Waals surface area contributed by atoms with Gasteiger partial charge in [0.2, 0.25) is 0 Å². The third-order valence-electron chi connectivity index (χ3n) is 3.56. The smallest absolute Gasteiger partial charge is 0.254 e. The van der Waals surface area contributed by atoms with E-state index in [1.165, 1.54) is 23.4 Å². The summed E-state index contributed by atoms with van der Waals surface area (Å²) in [6.45, 7) is 0.502. The van der Waals surface area contributed by atoms with Gasteiger partial charge < -0.3 is 5.32 Å². The Labute approximate surface area is 127 Å². The standard InChI is InChI=1S/C16H15FN2OS/c17-14-9-18-7-5-13(14)16(20)19-10-15-12-4-2-1-3-11(12)6-8-21-15/h1-5,7,9,15H,6,8,10H2,(H,19,20)/t15-/m1/s1. The fraction of sp³-hybridized carbons (Fsp3) is 0.250. The van der Waals surface area contributed by atoms with E-state index >= 15 is 0 Å². The second-order valence-corrected chi connectivity index (χ2v) is 6.18. The maximum atomic E-state index is 13.5. The van der Waals surface area contributed by atoms with Gasteiger partial charge in [0.05, 0.1) is 11.8 Å². The second-order valence-electron chi connectivity index (χ2n) is 4.87. The number of hydrogen-bond acceptors (Lipinski definition) is 3. The van der Waals surface area contributed by atoms with Crippen LogP contribution in [0.3, 0.4) is 0 Å². The molecule has 2 heterocycles. The summed E-state index contributed by atoms with van der Waals surface area (Å²) in [5, 5.41) is 3.05. The number of rotatable bonds is 3. The number of carbonyl (C=O) groups is 1. The third kappa shape index (κ3) is 3.08. The molecule has 1 atom stereocenters. The van der Waals surface area contributed by atoms with Crippen LogP contribution in [0.4, 0.5) is 4.39 Å². The first-order valence-corrected chi connectivity index (χ1v) is 7.87. The van der Waals surface area contributed by atoms with Crippen molar-refractivity contribution < 1.29 is 9.18 Å². The number of pyridine rings is 1. The molecule has 1 amide bonds. The predicted molar refractivity (Wildman–Crippen MR) is 81.9 cm³/mol. The van der Waals surface area contributed by atoms with Gasteiger partial charge in [-0.2, -0.15) is 11.8 Å². The molecule has 1 aromatic carbocycles. The lowest BCUT2D eigenvalue weighted by Crippen LogP contribution is -2.29. The van der Waals surface area contributed by atoms with Crippen LogP contribution in [0, 0.1) is 5.82 Å². The van der Waals surface area contributed by atoms with Crippen molar-refractivity contribution in [1.29, 1.82) is 0 Å². The summed E-state index contributed by atoms with van der Waals surface area (Å²) in [5.74, 6) is 0.0616. The third-order valence-corrected chi connectivity index (χ3v) is 4.82. The largest absolute Gasteiger partial charge is 0.350 e. The lowest BCUT2D eigenvalue weighted by atomic mass is 10.0. The molecule has 0 aliphatic carbocycles. The Morgan fingerprint density at radius 3 is 3.10 bits per heavy atom. The van der Waals surface area contributed by atoms with Gasteiger partial charge in [0.1, 0.15) is 0 Å². The average Bonchev–Trinajstić information content (AvgIpc) is 2.53. The van der Waals surface area contributed by atoms with Crippen molar-refractivity contribution in [3.63, 3.8) is 0 Å². The van der Waals surface area contributed by atoms with E-state index in [0.717, 1.165) is 18.4 Å². The molecule has 1 aliphatic rings. The first-order valence-electron chi connectivity index (χ1n) is 6.83. The number of aromatic nitrogens is 1. The summed E-state index contributed by atoms with van der Waals surface area (Å²) in [6, 6.07) is 9.68. The highest BCUT2D eigenvalue weighted by molar-refractivity contribution is 7.99. The zero-order chi connectivity index (χ0) is 14.7. The fourth-order valence-corrected chi connectivity index (χ4v) is 3.72. The minimum Gasteiger partial charge on any atom is -0.350 e. The zero-order valence-corrected chi connectivity index (χ0v) is 12.2. The molecule has 3 rings (SSSR count). The van der Waals surface area contributed by atoms with Gasteiger partial charge in [0.15, 0.2) is 5.82 Å². The van der Waals surface area contributed by atoms with Crippen LogP contribution in [-0.2, 0) is 6.42 Å². The van der Waals surface area contributed by atoms with E-state index in [4.69, 9.17) is 0 Å². The number of nitrogens with zero attached hydrogens (tertiary/aromatic N) is 1. The minimum atomic E-state index is -0.591. The molecule has 1 N–H and O–H groups in total. The molecule has 0 saturated carbocycles. The fourth-order valence-electron chi connectivity index (χ4n) is 2.49. The van der Waals surface area contributed by atoms with Gasteiger partial charge in [-0.25, -0.2) is 4.39 Å². The van der Waals surface area contributed by atoms with Crippen LogP contribution in [0.5, 0.6) is 0 Å². The normalized spacial score (nSPS) is 17.1. The number of hydrogen-bond donors (Lipinski definition) is 1. The van der Waals surface area contributed by atoms with Crippen LogP contribution < -0.4 is 5.32 Å². The Hall–Kier alpha value is -1.88. The average molecular weight is 302 g/mol. The Morgan fingerprint density at radius 2 is 2.24 bits per heavy atom. The van der Waals surface area contributed by atoms with Gasteiger partial charge in [0, 0.05) is 18.0 Å². The molecule has 1 aromatic heterocycles. The first kappa shape index (κ1) is 14.1. The van der Waals surface area contributed by atoms with Gasteiger partial charge in [-0.1, -0.05) is 24.3 Å². The second kappa shape index (κ2) is 6.26. The Bertz CT molecular complexity index is 662. The maximum Gasteiger partial charge on any atom is 0.254 e. The van der Waals surface area contributed by atoms with Gasteiger partial charge >= 0.3 is 0 Å². The Kier molecular flexibility index (Phi) is 4.20. The number of aryl methyl sites for hydroxylation is 1. The number of thioether (sulfide) groups is 1. The number of fused-ring (bicyclic) bond motifs is 1.